The summed E-state index contributed by atoms with van der Waals surface area (Å²) in [6.45, 7) is 2.26. The number of para-hydroxylation sites is 2. The topological polar surface area (TPSA) is 89.0 Å². The second kappa shape index (κ2) is 9.43. The molecule has 2 aromatic rings. The standard InChI is InChI=1S/C18H18ClN3O4/c1-3-26-16-7-5-4-6-14(16)21-17(23)18(24)22-20-11-12-8-9-15(25-2)13(19)10-12/h4-11H,3H2,1-2H3,(H,21,23)(H,22,24)/b20-11-. The number of rotatable bonds is 6. The number of nitrogens with zero attached hydrogens (tertiary/aromatic N) is 1. The fraction of sp³-hybridized carbons (Fsp3) is 0.167. The van der Waals surface area contributed by atoms with Crippen LogP contribution in [0.4, 0.5) is 5.69 Å². The van der Waals surface area contributed by atoms with E-state index in [0.717, 1.165) is 0 Å². The van der Waals surface area contributed by atoms with Crippen molar-refractivity contribution in [2.75, 3.05) is 19.0 Å². The fourth-order valence-electron chi connectivity index (χ4n) is 2.01. The van der Waals surface area contributed by atoms with Crippen LogP contribution in [0.25, 0.3) is 0 Å². The quantitative estimate of drug-likeness (QED) is 0.461. The lowest BCUT2D eigenvalue weighted by molar-refractivity contribution is -0.136. The van der Waals surface area contributed by atoms with Crippen molar-refractivity contribution in [2.24, 2.45) is 5.10 Å². The number of benzene rings is 2. The molecule has 136 valence electrons. The Balaban J connectivity index is 1.95. The number of hydrogen-bond donors (Lipinski definition) is 2. The highest BCUT2D eigenvalue weighted by molar-refractivity contribution is 6.39. The SMILES string of the molecule is CCOc1ccccc1NC(=O)C(=O)N/N=C\c1ccc(OC)c(Cl)c1. The Labute approximate surface area is 155 Å². The van der Waals surface area contributed by atoms with Gasteiger partial charge in [0.1, 0.15) is 11.5 Å². The van der Waals surface area contributed by atoms with Gasteiger partial charge in [-0.3, -0.25) is 9.59 Å². The molecule has 0 aliphatic rings. The monoisotopic (exact) mass is 375 g/mol. The van der Waals surface area contributed by atoms with Crippen LogP contribution >= 0.6 is 11.6 Å². The van der Waals surface area contributed by atoms with Crippen molar-refractivity contribution < 1.29 is 19.1 Å². The highest BCUT2D eigenvalue weighted by Gasteiger charge is 2.15. The zero-order chi connectivity index (χ0) is 18.9. The van der Waals surface area contributed by atoms with E-state index in [-0.39, 0.29) is 0 Å². The average molecular weight is 376 g/mol. The van der Waals surface area contributed by atoms with E-state index in [1.54, 1.807) is 42.5 Å². The fourth-order valence-corrected chi connectivity index (χ4v) is 2.28. The molecule has 0 saturated heterocycles. The summed E-state index contributed by atoms with van der Waals surface area (Å²) >= 11 is 6.00. The van der Waals surface area contributed by atoms with Gasteiger partial charge in [-0.25, -0.2) is 5.43 Å². The molecule has 0 spiro atoms. The largest absolute Gasteiger partial charge is 0.495 e. The third-order valence-electron chi connectivity index (χ3n) is 3.20. The van der Waals surface area contributed by atoms with Crippen LogP contribution in [0.5, 0.6) is 11.5 Å². The number of methoxy groups -OCH3 is 1. The lowest BCUT2D eigenvalue weighted by atomic mass is 10.2. The maximum absolute atomic E-state index is 12.0. The van der Waals surface area contributed by atoms with Gasteiger partial charge in [0.2, 0.25) is 0 Å². The van der Waals surface area contributed by atoms with Crippen molar-refractivity contribution in [1.29, 1.82) is 0 Å². The number of anilines is 1. The van der Waals surface area contributed by atoms with Crippen LogP contribution in [0, 0.1) is 0 Å². The first-order valence-corrected chi connectivity index (χ1v) is 8.12. The van der Waals surface area contributed by atoms with Crippen molar-refractivity contribution in [3.8, 4) is 11.5 Å². The Morgan fingerprint density at radius 1 is 1.15 bits per heavy atom. The first-order valence-electron chi connectivity index (χ1n) is 7.75. The summed E-state index contributed by atoms with van der Waals surface area (Å²) in [6, 6.07) is 11.8. The van der Waals surface area contributed by atoms with Gasteiger partial charge >= 0.3 is 11.8 Å². The third kappa shape index (κ3) is 5.22. The van der Waals surface area contributed by atoms with E-state index in [1.165, 1.54) is 13.3 Å². The van der Waals surface area contributed by atoms with Gasteiger partial charge in [0.05, 0.1) is 30.6 Å². The molecule has 2 N–H and O–H groups in total. The number of hydrazone groups is 1. The van der Waals surface area contributed by atoms with Crippen molar-refractivity contribution in [2.45, 2.75) is 6.92 Å². The lowest BCUT2D eigenvalue weighted by Gasteiger charge is -2.10. The molecule has 0 unspecified atom stereocenters. The van der Waals surface area contributed by atoms with E-state index in [1.807, 2.05) is 6.92 Å². The maximum atomic E-state index is 12.0. The van der Waals surface area contributed by atoms with E-state index in [0.29, 0.717) is 34.4 Å². The molecule has 0 aromatic heterocycles. The van der Waals surface area contributed by atoms with Gasteiger partial charge < -0.3 is 14.8 Å². The Morgan fingerprint density at radius 3 is 2.62 bits per heavy atom. The minimum atomic E-state index is -0.910. The molecule has 2 rings (SSSR count). The van der Waals surface area contributed by atoms with E-state index in [2.05, 4.69) is 15.8 Å². The molecule has 7 nitrogen and oxygen atoms in total. The molecule has 0 atom stereocenters. The third-order valence-corrected chi connectivity index (χ3v) is 3.49. The number of carbonyl (C=O) groups is 2. The first kappa shape index (κ1) is 19.3. The van der Waals surface area contributed by atoms with Crippen LogP contribution in [0.2, 0.25) is 5.02 Å². The molecular formula is C18H18ClN3O4. The van der Waals surface area contributed by atoms with Crippen molar-refractivity contribution in [3.05, 3.63) is 53.1 Å². The molecule has 0 aliphatic carbocycles. The Hall–Kier alpha value is -3.06. The maximum Gasteiger partial charge on any atom is 0.329 e. The number of carbonyl (C=O) groups excluding carboxylic acids is 2. The summed E-state index contributed by atoms with van der Waals surface area (Å²) < 4.78 is 10.4. The van der Waals surface area contributed by atoms with Crippen molar-refractivity contribution in [3.63, 3.8) is 0 Å². The summed E-state index contributed by atoms with van der Waals surface area (Å²) in [5.41, 5.74) is 3.19. The van der Waals surface area contributed by atoms with Gasteiger partial charge in [-0.15, -0.1) is 0 Å². The minimum Gasteiger partial charge on any atom is -0.495 e. The van der Waals surface area contributed by atoms with Crippen LogP contribution in [0.3, 0.4) is 0 Å². The summed E-state index contributed by atoms with van der Waals surface area (Å²) in [5.74, 6) is -0.762. The molecule has 2 aromatic carbocycles. The normalized spacial score (nSPS) is 10.4. The molecule has 0 saturated carbocycles. The van der Waals surface area contributed by atoms with Crippen molar-refractivity contribution >= 4 is 35.3 Å². The summed E-state index contributed by atoms with van der Waals surface area (Å²) in [6.07, 6.45) is 1.37. The average Bonchev–Trinajstić information content (AvgIpc) is 2.63. The van der Waals surface area contributed by atoms with Gasteiger partial charge in [0.25, 0.3) is 0 Å². The first-order chi connectivity index (χ1) is 12.5. The van der Waals surface area contributed by atoms with E-state index in [9.17, 15) is 9.59 Å². The predicted octanol–water partition coefficient (Wildman–Crippen LogP) is 2.84. The predicted molar refractivity (Wildman–Crippen MR) is 100.0 cm³/mol. The molecule has 0 bridgehead atoms. The zero-order valence-electron chi connectivity index (χ0n) is 14.3. The molecule has 26 heavy (non-hydrogen) atoms. The van der Waals surface area contributed by atoms with Crippen LogP contribution in [-0.4, -0.2) is 31.7 Å². The van der Waals surface area contributed by atoms with Crippen molar-refractivity contribution in [1.82, 2.24) is 5.43 Å². The molecule has 0 radical (unpaired) electrons. The second-order valence-electron chi connectivity index (χ2n) is 4.98. The molecule has 8 heteroatoms. The number of hydrogen-bond acceptors (Lipinski definition) is 5. The number of nitrogens with one attached hydrogen (secondary N) is 2. The molecule has 2 amide bonds. The van der Waals surface area contributed by atoms with E-state index >= 15 is 0 Å². The van der Waals surface area contributed by atoms with Gasteiger partial charge in [0.15, 0.2) is 0 Å². The Morgan fingerprint density at radius 2 is 1.92 bits per heavy atom. The van der Waals surface area contributed by atoms with Crippen LogP contribution in [-0.2, 0) is 9.59 Å². The van der Waals surface area contributed by atoms with Gasteiger partial charge in [-0.05, 0) is 42.8 Å². The lowest BCUT2D eigenvalue weighted by Crippen LogP contribution is -2.32. The second-order valence-corrected chi connectivity index (χ2v) is 5.38. The minimum absolute atomic E-state index is 0.403. The van der Waals surface area contributed by atoms with Gasteiger partial charge in [0, 0.05) is 0 Å². The summed E-state index contributed by atoms with van der Waals surface area (Å²) in [4.78, 5) is 23.8. The summed E-state index contributed by atoms with van der Waals surface area (Å²) in [7, 11) is 1.51. The van der Waals surface area contributed by atoms with E-state index in [4.69, 9.17) is 21.1 Å². The molecule has 0 fully saturated rings. The zero-order valence-corrected chi connectivity index (χ0v) is 15.0. The summed E-state index contributed by atoms with van der Waals surface area (Å²) in [5, 5.41) is 6.63. The molecule has 0 aliphatic heterocycles. The Bertz CT molecular complexity index is 824. The van der Waals surface area contributed by atoms with Gasteiger partial charge in [-0.2, -0.15) is 5.10 Å². The highest BCUT2D eigenvalue weighted by Crippen LogP contribution is 2.24. The van der Waals surface area contributed by atoms with Crippen LogP contribution < -0.4 is 20.2 Å². The Kier molecular flexibility index (Phi) is 6.99. The number of halogens is 1. The molecular weight excluding hydrogens is 358 g/mol. The number of amides is 2. The smallest absolute Gasteiger partial charge is 0.329 e. The van der Waals surface area contributed by atoms with E-state index < -0.39 is 11.8 Å². The molecule has 0 heterocycles. The van der Waals surface area contributed by atoms with Crippen LogP contribution in [0.15, 0.2) is 47.6 Å². The highest BCUT2D eigenvalue weighted by atomic mass is 35.5. The number of ether oxygens (including phenoxy) is 2. The van der Waals surface area contributed by atoms with Gasteiger partial charge in [-0.1, -0.05) is 23.7 Å². The van der Waals surface area contributed by atoms with Crippen LogP contribution in [0.1, 0.15) is 12.5 Å².